The molecule has 0 spiro atoms. The van der Waals surface area contributed by atoms with Crippen molar-refractivity contribution < 1.29 is 66.2 Å². The third kappa shape index (κ3) is 11.6. The normalized spacial score (nSPS) is 17.0. The molecule has 2 fully saturated rings. The van der Waals surface area contributed by atoms with E-state index in [4.69, 9.17) is 28.4 Å². The van der Waals surface area contributed by atoms with Crippen LogP contribution in [-0.4, -0.2) is 63.1 Å². The van der Waals surface area contributed by atoms with Crippen LogP contribution in [0.1, 0.15) is 49.9 Å². The monoisotopic (exact) mass is 1340 g/mol. The summed E-state index contributed by atoms with van der Waals surface area (Å²) >= 11 is 29.6. The third-order valence-electron chi connectivity index (χ3n) is 9.35. The molecule has 6 rings (SSSR count). The van der Waals surface area contributed by atoms with Gasteiger partial charge in [-0.05, 0) is 198 Å². The predicted molar refractivity (Wildman–Crippen MR) is 239 cm³/mol. The van der Waals surface area contributed by atoms with Crippen molar-refractivity contribution in [3.8, 4) is 23.0 Å². The van der Waals surface area contributed by atoms with Gasteiger partial charge in [-0.1, -0.05) is 27.7 Å². The van der Waals surface area contributed by atoms with Crippen LogP contribution in [0.2, 0.25) is 0 Å². The molecule has 293 valence electrons. The van der Waals surface area contributed by atoms with Gasteiger partial charge in [-0.2, -0.15) is 0 Å². The summed E-state index contributed by atoms with van der Waals surface area (Å²) in [7, 11) is 0. The van der Waals surface area contributed by atoms with Crippen molar-refractivity contribution in [2.45, 2.75) is 56.8 Å². The number of halogens is 8. The molecule has 4 aromatic rings. The number of hydrogen-bond acceptors (Lipinski definition) is 7. The van der Waals surface area contributed by atoms with Crippen LogP contribution in [0.15, 0.2) is 84.3 Å². The van der Waals surface area contributed by atoms with Crippen LogP contribution in [0.4, 0.5) is 0 Å². The molecule has 0 amide bonds. The molecule has 4 aromatic carbocycles. The SMILES string of the molecule is CC(C)(c1cc(Br)c(OCC(O)COc2c(Br)cc(C(C)(C)c3cc(Br)c(OCC4CO4)c(Br)c3)cc2Br)c(Br)c1)c1cc(Br)c(OCC2CO2)c(Br)c1.[Y]. The largest absolute Gasteiger partial charge is 0.488 e. The molecule has 0 bridgehead atoms. The van der Waals surface area contributed by atoms with Gasteiger partial charge in [-0.25, -0.2) is 0 Å². The summed E-state index contributed by atoms with van der Waals surface area (Å²) in [6.07, 6.45) is -0.571. The first-order valence-electron chi connectivity index (χ1n) is 16.9. The summed E-state index contributed by atoms with van der Waals surface area (Å²) in [4.78, 5) is 0. The summed E-state index contributed by atoms with van der Waals surface area (Å²) in [5.74, 6) is 2.69. The van der Waals surface area contributed by atoms with Crippen LogP contribution >= 0.6 is 127 Å². The minimum Gasteiger partial charge on any atom is -0.488 e. The quantitative estimate of drug-likeness (QED) is 0.112. The molecule has 0 saturated carbocycles. The maximum absolute atomic E-state index is 10.9. The molecule has 2 heterocycles. The second-order valence-electron chi connectivity index (χ2n) is 14.1. The Morgan fingerprint density at radius 3 is 0.945 bits per heavy atom. The van der Waals surface area contributed by atoms with E-state index in [9.17, 15) is 5.11 Å². The van der Waals surface area contributed by atoms with Gasteiger partial charge in [0.15, 0.2) is 0 Å². The van der Waals surface area contributed by atoms with Gasteiger partial charge in [-0.15, -0.1) is 0 Å². The first-order valence-corrected chi connectivity index (χ1v) is 23.2. The number of aliphatic hydroxyl groups is 1. The Morgan fingerprint density at radius 2 is 0.727 bits per heavy atom. The van der Waals surface area contributed by atoms with E-state index in [1.54, 1.807) is 0 Å². The van der Waals surface area contributed by atoms with Crippen LogP contribution in [-0.2, 0) is 53.0 Å². The minimum atomic E-state index is -0.904. The number of ether oxygens (including phenoxy) is 6. The summed E-state index contributed by atoms with van der Waals surface area (Å²) in [5.41, 5.74) is 3.55. The molecule has 0 aliphatic carbocycles. The zero-order valence-corrected chi connectivity index (χ0v) is 45.6. The average Bonchev–Trinajstić information content (AvgIpc) is 4.03. The minimum absolute atomic E-state index is 0. The number of benzene rings is 4. The Balaban J connectivity index is 0.00000580. The Labute approximate surface area is 414 Å². The van der Waals surface area contributed by atoms with Gasteiger partial charge in [0.2, 0.25) is 0 Å². The zero-order valence-electron chi connectivity index (χ0n) is 30.1. The third-order valence-corrected chi connectivity index (χ3v) is 14.1. The van der Waals surface area contributed by atoms with Gasteiger partial charge in [0.1, 0.15) is 67.7 Å². The van der Waals surface area contributed by atoms with E-state index in [1.807, 2.05) is 24.3 Å². The Bertz CT molecular complexity index is 1800. The summed E-state index contributed by atoms with van der Waals surface area (Å²) in [5, 5.41) is 10.9. The van der Waals surface area contributed by atoms with Crippen molar-refractivity contribution in [3.05, 3.63) is 107 Å². The second kappa shape index (κ2) is 19.7. The predicted octanol–water partition coefficient (Wildman–Crippen LogP) is 12.8. The van der Waals surface area contributed by atoms with Crippen LogP contribution in [0, 0.1) is 0 Å². The first kappa shape index (κ1) is 47.0. The van der Waals surface area contributed by atoms with Crippen molar-refractivity contribution in [1.82, 2.24) is 0 Å². The van der Waals surface area contributed by atoms with Gasteiger partial charge in [0, 0.05) is 43.5 Å². The van der Waals surface area contributed by atoms with E-state index in [1.165, 1.54) is 0 Å². The van der Waals surface area contributed by atoms with E-state index in [2.05, 4.69) is 179 Å². The summed E-state index contributed by atoms with van der Waals surface area (Å²) in [6.45, 7) is 11.2. The number of aliphatic hydroxyl groups excluding tert-OH is 1. The molecule has 1 radical (unpaired) electrons. The van der Waals surface area contributed by atoms with Gasteiger partial charge >= 0.3 is 0 Å². The van der Waals surface area contributed by atoms with Crippen molar-refractivity contribution in [3.63, 3.8) is 0 Å². The van der Waals surface area contributed by atoms with Crippen LogP contribution in [0.3, 0.4) is 0 Å². The summed E-state index contributed by atoms with van der Waals surface area (Å²) < 4.78 is 41.2. The van der Waals surface area contributed by atoms with Crippen molar-refractivity contribution in [2.24, 2.45) is 0 Å². The molecular formula is C39H36Br8O7Y. The molecule has 0 aromatic heterocycles. The second-order valence-corrected chi connectivity index (χ2v) is 21.0. The standard InChI is InChI=1S/C39H36Br8O7.Y/c1-38(2,21-9-30(44)36(31(45)10-21)53-17-24-15-49-24)19-5-26(40)34(27(41)6-19)51-13-23(48)14-52-35-28(42)7-20(8-29(35)43)39(3,4)22-11-32(46)37(33(47)12-22)54-18-25-16-50-25;/h5-12,23-25,48H,13-18H2,1-4H3;. The molecule has 16 heteroatoms. The fourth-order valence-corrected chi connectivity index (χ4v) is 11.3. The van der Waals surface area contributed by atoms with Gasteiger partial charge in [-0.3, -0.25) is 0 Å². The Morgan fingerprint density at radius 1 is 0.509 bits per heavy atom. The fourth-order valence-electron chi connectivity index (χ4n) is 5.66. The molecule has 2 saturated heterocycles. The van der Waals surface area contributed by atoms with E-state index >= 15 is 0 Å². The number of rotatable bonds is 16. The molecule has 2 aliphatic heterocycles. The van der Waals surface area contributed by atoms with E-state index in [0.29, 0.717) is 24.7 Å². The zero-order chi connectivity index (χ0) is 39.1. The van der Waals surface area contributed by atoms with Gasteiger partial charge in [0.25, 0.3) is 0 Å². The fraction of sp³-hybridized carbons (Fsp3) is 0.385. The first-order chi connectivity index (χ1) is 25.4. The van der Waals surface area contributed by atoms with Crippen molar-refractivity contribution in [1.29, 1.82) is 0 Å². The Kier molecular flexibility index (Phi) is 16.9. The maximum atomic E-state index is 10.9. The number of epoxide rings is 2. The van der Waals surface area contributed by atoms with E-state index < -0.39 is 6.10 Å². The van der Waals surface area contributed by atoms with Crippen molar-refractivity contribution >= 4 is 127 Å². The van der Waals surface area contributed by atoms with Crippen LogP contribution < -0.4 is 18.9 Å². The molecule has 55 heavy (non-hydrogen) atoms. The molecule has 2 atom stereocenters. The average molecular weight is 1340 g/mol. The molecule has 2 unspecified atom stereocenters. The van der Waals surface area contributed by atoms with Crippen LogP contribution in [0.25, 0.3) is 0 Å². The Hall–Kier alpha value is 0.904. The maximum Gasteiger partial charge on any atom is 0.147 e. The van der Waals surface area contributed by atoms with Gasteiger partial charge in [0.05, 0.1) is 49.0 Å². The molecule has 7 nitrogen and oxygen atoms in total. The molecular weight excluding hydrogens is 1310 g/mol. The van der Waals surface area contributed by atoms with Gasteiger partial charge < -0.3 is 33.5 Å². The van der Waals surface area contributed by atoms with Crippen LogP contribution in [0.5, 0.6) is 23.0 Å². The summed E-state index contributed by atoms with van der Waals surface area (Å²) in [6, 6.07) is 16.5. The molecule has 1 N–H and O–H groups in total. The van der Waals surface area contributed by atoms with E-state index in [-0.39, 0.29) is 69.0 Å². The topological polar surface area (TPSA) is 82.2 Å². The van der Waals surface area contributed by atoms with E-state index in [0.717, 1.165) is 82.7 Å². The smallest absolute Gasteiger partial charge is 0.147 e. The van der Waals surface area contributed by atoms with Crippen molar-refractivity contribution in [2.75, 3.05) is 39.6 Å². The number of hydrogen-bond donors (Lipinski definition) is 1. The molecule has 2 aliphatic rings.